The van der Waals surface area contributed by atoms with Gasteiger partial charge in [-0.05, 0) is 35.6 Å². The summed E-state index contributed by atoms with van der Waals surface area (Å²) in [5.74, 6) is 1.17. The lowest BCUT2D eigenvalue weighted by Gasteiger charge is -2.32. The molecule has 3 atom stereocenters. The summed E-state index contributed by atoms with van der Waals surface area (Å²) in [5, 5.41) is 3.37. The number of nitrogens with one attached hydrogen (secondary N) is 1. The van der Waals surface area contributed by atoms with Crippen molar-refractivity contribution in [2.45, 2.75) is 44.0 Å². The number of rotatable bonds is 1. The molecule has 0 saturated heterocycles. The summed E-state index contributed by atoms with van der Waals surface area (Å²) in [4.78, 5) is 1.01. The van der Waals surface area contributed by atoms with E-state index in [4.69, 9.17) is 0 Å². The standard InChI is InChI=1S/C15H23NOS/c1-10-9-18(17)13-7-6-11(15(2,3)4)8-12(13)14(10)16-5/h6-8,10,14,16H,9H2,1-5H3. The fourth-order valence-corrected chi connectivity index (χ4v) is 4.15. The Bertz CT molecular complexity index is 476. The molecule has 2 rings (SSSR count). The van der Waals surface area contributed by atoms with Crippen LogP contribution in [0.4, 0.5) is 0 Å². The molecular weight excluding hydrogens is 242 g/mol. The Morgan fingerprint density at radius 2 is 2.00 bits per heavy atom. The molecule has 0 saturated carbocycles. The fraction of sp³-hybridized carbons (Fsp3) is 0.600. The zero-order valence-corrected chi connectivity index (χ0v) is 12.7. The Morgan fingerprint density at radius 3 is 2.56 bits per heavy atom. The van der Waals surface area contributed by atoms with Crippen molar-refractivity contribution in [3.8, 4) is 0 Å². The number of benzene rings is 1. The Balaban J connectivity index is 2.55. The average molecular weight is 265 g/mol. The summed E-state index contributed by atoms with van der Waals surface area (Å²) in [5.41, 5.74) is 2.67. The second-order valence-electron chi connectivity index (χ2n) is 6.26. The molecule has 3 unspecified atom stereocenters. The minimum Gasteiger partial charge on any atom is -0.313 e. The third-order valence-electron chi connectivity index (χ3n) is 3.75. The van der Waals surface area contributed by atoms with Crippen molar-refractivity contribution in [2.24, 2.45) is 5.92 Å². The molecule has 1 aliphatic rings. The van der Waals surface area contributed by atoms with E-state index in [2.05, 4.69) is 51.2 Å². The van der Waals surface area contributed by atoms with Gasteiger partial charge in [-0.25, -0.2) is 0 Å². The molecule has 0 fully saturated rings. The molecule has 3 heteroatoms. The van der Waals surface area contributed by atoms with Crippen LogP contribution < -0.4 is 5.32 Å². The number of hydrogen-bond acceptors (Lipinski definition) is 2. The highest BCUT2D eigenvalue weighted by molar-refractivity contribution is 7.85. The summed E-state index contributed by atoms with van der Waals surface area (Å²) >= 11 is 0. The molecule has 2 nitrogen and oxygen atoms in total. The van der Waals surface area contributed by atoms with Gasteiger partial charge in [0.15, 0.2) is 0 Å². The molecule has 0 bridgehead atoms. The van der Waals surface area contributed by atoms with E-state index in [1.165, 1.54) is 11.1 Å². The molecule has 1 aliphatic heterocycles. The smallest absolute Gasteiger partial charge is 0.0536 e. The Kier molecular flexibility index (Phi) is 3.65. The molecule has 1 aromatic rings. The second-order valence-corrected chi connectivity index (χ2v) is 7.72. The van der Waals surface area contributed by atoms with Crippen LogP contribution in [0, 0.1) is 5.92 Å². The van der Waals surface area contributed by atoms with Gasteiger partial charge in [0, 0.05) is 16.7 Å². The van der Waals surface area contributed by atoms with Crippen molar-refractivity contribution in [2.75, 3.05) is 12.8 Å². The van der Waals surface area contributed by atoms with Crippen molar-refractivity contribution in [3.05, 3.63) is 29.3 Å². The summed E-state index contributed by atoms with van der Waals surface area (Å²) in [6.45, 7) is 8.82. The molecule has 0 radical (unpaired) electrons. The number of hydrogen-bond donors (Lipinski definition) is 1. The van der Waals surface area contributed by atoms with Crippen LogP contribution in [0.5, 0.6) is 0 Å². The molecule has 18 heavy (non-hydrogen) atoms. The predicted octanol–water partition coefficient (Wildman–Crippen LogP) is 3.00. The third kappa shape index (κ3) is 2.39. The van der Waals surface area contributed by atoms with E-state index in [0.29, 0.717) is 12.0 Å². The van der Waals surface area contributed by atoms with Crippen LogP contribution in [-0.4, -0.2) is 17.0 Å². The van der Waals surface area contributed by atoms with Gasteiger partial charge >= 0.3 is 0 Å². The van der Waals surface area contributed by atoms with E-state index in [1.807, 2.05) is 7.05 Å². The van der Waals surface area contributed by atoms with Crippen LogP contribution in [0.3, 0.4) is 0 Å². The van der Waals surface area contributed by atoms with Crippen molar-refractivity contribution < 1.29 is 4.21 Å². The van der Waals surface area contributed by atoms with Gasteiger partial charge in [-0.3, -0.25) is 4.21 Å². The molecule has 0 amide bonds. The molecule has 1 heterocycles. The molecular formula is C15H23NOS. The Labute approximate surface area is 113 Å². The van der Waals surface area contributed by atoms with Crippen molar-refractivity contribution in [1.29, 1.82) is 0 Å². The van der Waals surface area contributed by atoms with Gasteiger partial charge in [-0.15, -0.1) is 0 Å². The maximum atomic E-state index is 12.2. The van der Waals surface area contributed by atoms with E-state index < -0.39 is 10.8 Å². The third-order valence-corrected chi connectivity index (χ3v) is 5.44. The topological polar surface area (TPSA) is 29.1 Å². The monoisotopic (exact) mass is 265 g/mol. The quantitative estimate of drug-likeness (QED) is 0.845. The van der Waals surface area contributed by atoms with E-state index in [9.17, 15) is 4.21 Å². The van der Waals surface area contributed by atoms with Crippen LogP contribution >= 0.6 is 0 Å². The molecule has 100 valence electrons. The lowest BCUT2D eigenvalue weighted by Crippen LogP contribution is -2.32. The zero-order chi connectivity index (χ0) is 13.5. The van der Waals surface area contributed by atoms with Gasteiger partial charge in [0.05, 0.1) is 10.8 Å². The first-order chi connectivity index (χ1) is 8.34. The molecule has 1 N–H and O–H groups in total. The second kappa shape index (κ2) is 4.78. The van der Waals surface area contributed by atoms with Crippen LogP contribution in [0.15, 0.2) is 23.1 Å². The lowest BCUT2D eigenvalue weighted by atomic mass is 9.84. The van der Waals surface area contributed by atoms with Crippen molar-refractivity contribution in [3.63, 3.8) is 0 Å². The number of fused-ring (bicyclic) bond motifs is 1. The van der Waals surface area contributed by atoms with Crippen LogP contribution in [0.2, 0.25) is 0 Å². The van der Waals surface area contributed by atoms with Gasteiger partial charge in [-0.2, -0.15) is 0 Å². The van der Waals surface area contributed by atoms with Gasteiger partial charge in [-0.1, -0.05) is 39.8 Å². The highest BCUT2D eigenvalue weighted by atomic mass is 32.2. The molecule has 0 aliphatic carbocycles. The van der Waals surface area contributed by atoms with Crippen LogP contribution in [0.1, 0.15) is 44.9 Å². The van der Waals surface area contributed by atoms with Crippen LogP contribution in [0.25, 0.3) is 0 Å². The Hall–Kier alpha value is -0.670. The maximum absolute atomic E-state index is 12.2. The van der Waals surface area contributed by atoms with Crippen molar-refractivity contribution in [1.82, 2.24) is 5.32 Å². The van der Waals surface area contributed by atoms with Gasteiger partial charge in [0.25, 0.3) is 0 Å². The highest BCUT2D eigenvalue weighted by Gasteiger charge is 2.30. The molecule has 0 aromatic heterocycles. The minimum absolute atomic E-state index is 0.134. The van der Waals surface area contributed by atoms with Crippen LogP contribution in [-0.2, 0) is 16.2 Å². The lowest BCUT2D eigenvalue weighted by molar-refractivity contribution is 0.429. The molecule has 1 aromatic carbocycles. The predicted molar refractivity (Wildman–Crippen MR) is 77.4 cm³/mol. The maximum Gasteiger partial charge on any atom is 0.0536 e. The van der Waals surface area contributed by atoms with E-state index in [-0.39, 0.29) is 5.41 Å². The fourth-order valence-electron chi connectivity index (χ4n) is 2.64. The van der Waals surface area contributed by atoms with E-state index in [1.54, 1.807) is 0 Å². The first kappa shape index (κ1) is 13.8. The van der Waals surface area contributed by atoms with Crippen molar-refractivity contribution >= 4 is 10.8 Å². The van der Waals surface area contributed by atoms with E-state index >= 15 is 0 Å². The summed E-state index contributed by atoms with van der Waals surface area (Å²) in [7, 11) is 1.15. The van der Waals surface area contributed by atoms with E-state index in [0.717, 1.165) is 10.6 Å². The first-order valence-corrected chi connectivity index (χ1v) is 7.86. The summed E-state index contributed by atoms with van der Waals surface area (Å²) in [6.07, 6.45) is 0. The summed E-state index contributed by atoms with van der Waals surface area (Å²) < 4.78 is 12.2. The Morgan fingerprint density at radius 1 is 1.33 bits per heavy atom. The zero-order valence-electron chi connectivity index (χ0n) is 11.9. The largest absolute Gasteiger partial charge is 0.313 e. The minimum atomic E-state index is -0.843. The van der Waals surface area contributed by atoms with Gasteiger partial charge in [0.1, 0.15) is 0 Å². The first-order valence-electron chi connectivity index (χ1n) is 6.54. The average Bonchev–Trinajstić information content (AvgIpc) is 2.27. The SMILES string of the molecule is CNC1c2cc(C(C)(C)C)ccc2S(=O)CC1C. The van der Waals surface area contributed by atoms with Gasteiger partial charge in [0.2, 0.25) is 0 Å². The highest BCUT2D eigenvalue weighted by Crippen LogP contribution is 2.36. The molecule has 0 spiro atoms. The summed E-state index contributed by atoms with van der Waals surface area (Å²) in [6, 6.07) is 6.74. The van der Waals surface area contributed by atoms with Gasteiger partial charge < -0.3 is 5.32 Å². The normalized spacial score (nSPS) is 27.9.